The number of para-hydroxylation sites is 1. The Kier molecular flexibility index (Phi) is 31.5. The molecule has 2 heterocycles. The van der Waals surface area contributed by atoms with Gasteiger partial charge in [-0.05, 0) is 107 Å². The zero-order valence-corrected chi connectivity index (χ0v) is 55.7. The number of nitro benzene ring substituents is 1. The molecule has 0 aliphatic rings. The van der Waals surface area contributed by atoms with Crippen molar-refractivity contribution in [3.63, 3.8) is 0 Å². The maximum Gasteiger partial charge on any atom is 0.316 e. The van der Waals surface area contributed by atoms with Gasteiger partial charge in [0.25, 0.3) is 5.69 Å². The summed E-state index contributed by atoms with van der Waals surface area (Å²) in [4.78, 5) is 81.5. The van der Waals surface area contributed by atoms with Crippen molar-refractivity contribution < 1.29 is 60.7 Å². The van der Waals surface area contributed by atoms with Gasteiger partial charge in [0, 0.05) is 49.4 Å². The molecule has 4 unspecified atom stereocenters. The highest BCUT2D eigenvalue weighted by molar-refractivity contribution is 7.93. The third-order valence-corrected chi connectivity index (χ3v) is 18.7. The molecular weight excluding hydrogens is 1280 g/mol. The van der Waals surface area contributed by atoms with Gasteiger partial charge < -0.3 is 31.0 Å². The molecule has 0 spiro atoms. The molecule has 4 aromatic carbocycles. The second-order valence-corrected chi connectivity index (χ2v) is 26.1. The molecule has 6 N–H and O–H groups in total. The summed E-state index contributed by atoms with van der Waals surface area (Å²) in [5.41, 5.74) is 3.69. The molecule has 4 amide bonds. The highest BCUT2D eigenvalue weighted by Gasteiger charge is 2.27. The number of carboxylic acids is 2. The number of nitrogens with one attached hydrogen (secondary N) is 4. The number of rotatable bonds is 39. The number of carboxylic acid groups (broad SMARTS) is 2. The number of sulfonamides is 2. The van der Waals surface area contributed by atoms with Crippen molar-refractivity contribution in [2.75, 3.05) is 46.3 Å². The van der Waals surface area contributed by atoms with Crippen molar-refractivity contribution in [3.05, 3.63) is 136 Å². The van der Waals surface area contributed by atoms with E-state index in [9.17, 15) is 65.9 Å². The van der Waals surface area contributed by atoms with E-state index in [1.807, 2.05) is 37.0 Å². The van der Waals surface area contributed by atoms with Crippen molar-refractivity contribution >= 4 is 91.5 Å². The van der Waals surface area contributed by atoms with Crippen LogP contribution in [0.4, 0.5) is 17.1 Å². The van der Waals surface area contributed by atoms with E-state index in [0.29, 0.717) is 112 Å². The summed E-state index contributed by atoms with van der Waals surface area (Å²) in [6.07, 6.45) is 7.27. The summed E-state index contributed by atoms with van der Waals surface area (Å²) in [7, 11) is -3.43. The summed E-state index contributed by atoms with van der Waals surface area (Å²) in [6.45, 7) is 4.17. The number of hydrogen-bond donors (Lipinski definition) is 6. The average Bonchev–Trinajstić information content (AvgIpc) is 0.948. The van der Waals surface area contributed by atoms with Gasteiger partial charge in [-0.2, -0.15) is 0 Å². The van der Waals surface area contributed by atoms with Gasteiger partial charge in [-0.1, -0.05) is 118 Å². The summed E-state index contributed by atoms with van der Waals surface area (Å²) in [5, 5.41) is 71.3. The van der Waals surface area contributed by atoms with E-state index in [4.69, 9.17) is 0 Å². The SMILES string of the molecule is Cc1nnc(-c2ccc(CC(=O)NCCCN(c3ccc([N+](=O)[O-])cc3)S(=O)(=O)CCCCCCCC(C(=O)O)C(=O)NP)cc2)nn1.Cc1nnc(-c2ccc(CC(=O)NCCCN(c3ccccc3)S(=O)(=O)CCCCCCCC(C(=O)O)C(=O)NP)cc2)nn1. The normalized spacial score (nSPS) is 11.8. The molecule has 6 aromatic rings. The number of benzene rings is 4. The molecule has 29 nitrogen and oxygen atoms in total. The zero-order chi connectivity index (χ0) is 67.8. The zero-order valence-electron chi connectivity index (χ0n) is 51.7. The van der Waals surface area contributed by atoms with Crippen molar-refractivity contribution in [2.24, 2.45) is 11.8 Å². The van der Waals surface area contributed by atoms with Crippen LogP contribution in [-0.4, -0.2) is 146 Å². The molecule has 0 bridgehead atoms. The highest BCUT2D eigenvalue weighted by Crippen LogP contribution is 2.25. The third-order valence-electron chi connectivity index (χ3n) is 14.4. The number of anilines is 2. The molecule has 0 aliphatic heterocycles. The number of amides is 4. The topological polar surface area (TPSA) is 412 Å². The number of hydrogen-bond acceptors (Lipinski definition) is 20. The predicted molar refractivity (Wildman–Crippen MR) is 353 cm³/mol. The van der Waals surface area contributed by atoms with Gasteiger partial charge in [0.15, 0.2) is 11.6 Å². The lowest BCUT2D eigenvalue weighted by molar-refractivity contribution is -0.384. The van der Waals surface area contributed by atoms with Gasteiger partial charge in [-0.15, -0.1) is 40.8 Å². The summed E-state index contributed by atoms with van der Waals surface area (Å²) in [5.74, 6) is -4.60. The van der Waals surface area contributed by atoms with E-state index < -0.39 is 60.6 Å². The fourth-order valence-corrected chi connectivity index (χ4v) is 13.1. The Labute approximate surface area is 544 Å². The molecule has 6 rings (SSSR count). The van der Waals surface area contributed by atoms with Crippen molar-refractivity contribution in [1.82, 2.24) is 61.6 Å². The number of non-ortho nitro benzene ring substituents is 1. The molecule has 0 aliphatic carbocycles. The lowest BCUT2D eigenvalue weighted by atomic mass is 10.00. The number of aliphatic carboxylic acids is 2. The number of carbonyl (C=O) groups is 6. The molecule has 93 heavy (non-hydrogen) atoms. The van der Waals surface area contributed by atoms with Crippen LogP contribution in [0.2, 0.25) is 0 Å². The minimum atomic E-state index is -3.82. The van der Waals surface area contributed by atoms with E-state index in [0.717, 1.165) is 23.1 Å². The lowest BCUT2D eigenvalue weighted by Gasteiger charge is -2.24. The van der Waals surface area contributed by atoms with E-state index in [1.54, 1.807) is 74.5 Å². The Bertz CT molecular complexity index is 3610. The van der Waals surface area contributed by atoms with Gasteiger partial charge >= 0.3 is 11.9 Å². The first-order valence-corrected chi connectivity index (χ1v) is 34.5. The Hall–Kier alpha value is -8.66. The second-order valence-electron chi connectivity index (χ2n) is 21.5. The molecule has 33 heteroatoms. The first-order valence-electron chi connectivity index (χ1n) is 30.1. The maximum absolute atomic E-state index is 13.4. The Morgan fingerprint density at radius 3 is 1.20 bits per heavy atom. The van der Waals surface area contributed by atoms with E-state index in [-0.39, 0.29) is 80.0 Å². The molecule has 0 radical (unpaired) electrons. The second kappa shape index (κ2) is 39.0. The monoisotopic (exact) mass is 1360 g/mol. The number of carbonyl (C=O) groups excluding carboxylic acids is 4. The predicted octanol–water partition coefficient (Wildman–Crippen LogP) is 6.06. The Balaban J connectivity index is 0.000000338. The van der Waals surface area contributed by atoms with Crippen LogP contribution in [0.3, 0.4) is 0 Å². The van der Waals surface area contributed by atoms with Crippen molar-refractivity contribution in [1.29, 1.82) is 0 Å². The smallest absolute Gasteiger partial charge is 0.316 e. The van der Waals surface area contributed by atoms with Crippen LogP contribution >= 0.6 is 18.8 Å². The maximum atomic E-state index is 13.4. The largest absolute Gasteiger partial charge is 0.481 e. The first kappa shape index (κ1) is 75.1. The number of aryl methyl sites for hydroxylation is 2. The molecule has 0 saturated carbocycles. The Morgan fingerprint density at radius 1 is 0.495 bits per heavy atom. The summed E-state index contributed by atoms with van der Waals surface area (Å²) < 4.78 is 56.0. The molecular formula is C60H79N15O14P2S2. The third kappa shape index (κ3) is 26.1. The fourth-order valence-electron chi connectivity index (χ4n) is 9.40. The molecule has 4 atom stereocenters. The number of unbranched alkanes of at least 4 members (excludes halogenated alkanes) is 8. The van der Waals surface area contributed by atoms with Crippen molar-refractivity contribution in [3.8, 4) is 22.8 Å². The van der Waals surface area contributed by atoms with Crippen LogP contribution in [0.25, 0.3) is 22.8 Å². The number of nitro groups is 1. The Morgan fingerprint density at radius 2 is 0.849 bits per heavy atom. The molecule has 500 valence electrons. The van der Waals surface area contributed by atoms with Crippen LogP contribution < -0.4 is 29.4 Å². The number of nitrogens with zero attached hydrogens (tertiary/aromatic N) is 11. The van der Waals surface area contributed by atoms with Crippen LogP contribution in [0.5, 0.6) is 0 Å². The van der Waals surface area contributed by atoms with Crippen LogP contribution in [0, 0.1) is 35.8 Å². The van der Waals surface area contributed by atoms with Crippen LogP contribution in [0.15, 0.2) is 103 Å². The van der Waals surface area contributed by atoms with E-state index in [1.165, 1.54) is 32.9 Å². The lowest BCUT2D eigenvalue weighted by Crippen LogP contribution is -2.36. The number of aromatic nitrogens is 8. The van der Waals surface area contributed by atoms with Gasteiger partial charge in [0.2, 0.25) is 55.3 Å². The van der Waals surface area contributed by atoms with E-state index >= 15 is 0 Å². The summed E-state index contributed by atoms with van der Waals surface area (Å²) in [6, 6.07) is 28.5. The molecule has 0 fully saturated rings. The van der Waals surface area contributed by atoms with Crippen LogP contribution in [0.1, 0.15) is 113 Å². The minimum Gasteiger partial charge on any atom is -0.481 e. The van der Waals surface area contributed by atoms with Gasteiger partial charge in [-0.25, -0.2) is 16.8 Å². The van der Waals surface area contributed by atoms with E-state index in [2.05, 4.69) is 61.6 Å². The first-order chi connectivity index (χ1) is 44.5. The van der Waals surface area contributed by atoms with Crippen LogP contribution in [-0.2, 0) is 61.7 Å². The summed E-state index contributed by atoms with van der Waals surface area (Å²) >= 11 is 0. The minimum absolute atomic E-state index is 0.0305. The standard InChI is InChI=1S/C30H39N8O8PS.C30H40N7O6PS/c1-21-32-34-28(35-33-21)23-11-9-22(10-12-23)20-27(39)31-17-7-18-37(24-13-15-25(16-14-24)38(43)44)48(45,46)19-6-4-2-3-5-8-26(30(41)42)29(40)36-47;1-22-32-34-28(35-33-22)24-16-14-23(15-17-24)21-27(38)31-18-10-19-37(25-11-6-5-7-12-25)45(42,43)20-9-4-2-3-8-13-26(30(40)41)29(39)36-44/h9-16,26H,2-8,17-20,47H2,1H3,(H,31,39)(H,36,40)(H,41,42);5-7,11-12,14-17,26H,2-4,8-10,13,18-21,44H2,1H3,(H,31,38)(H,36,39)(H,40,41). The quantitative estimate of drug-likeness (QED) is 0.00839. The van der Waals surface area contributed by atoms with Gasteiger partial charge in [0.1, 0.15) is 11.8 Å². The highest BCUT2D eigenvalue weighted by atomic mass is 32.2. The van der Waals surface area contributed by atoms with Gasteiger partial charge in [-0.3, -0.25) is 47.5 Å². The molecule has 2 aromatic heterocycles. The average molecular weight is 1360 g/mol. The van der Waals surface area contributed by atoms with Gasteiger partial charge in [0.05, 0.1) is 40.6 Å². The fraction of sp³-hybridized carbons (Fsp3) is 0.433. The van der Waals surface area contributed by atoms with Crippen molar-refractivity contribution in [2.45, 2.75) is 117 Å². The molecule has 0 saturated heterocycles.